The number of benzene rings is 2. The Hall–Kier alpha value is -3.35. The second-order valence-corrected chi connectivity index (χ2v) is 10.6. The van der Waals surface area contributed by atoms with Crippen LogP contribution in [0.4, 0.5) is 5.69 Å². The first-order valence-electron chi connectivity index (χ1n) is 11.8. The fourth-order valence-corrected chi connectivity index (χ4v) is 5.21. The topological polar surface area (TPSA) is 89.0 Å². The lowest BCUT2D eigenvalue weighted by Crippen LogP contribution is -2.37. The lowest BCUT2D eigenvalue weighted by atomic mass is 9.81. The highest BCUT2D eigenvalue weighted by Crippen LogP contribution is 2.47. The van der Waals surface area contributed by atoms with Crippen molar-refractivity contribution in [3.05, 3.63) is 52.6 Å². The molecular formula is C27H31N3O4. The van der Waals surface area contributed by atoms with Gasteiger partial charge in [0.05, 0.1) is 18.4 Å². The third-order valence-corrected chi connectivity index (χ3v) is 6.62. The van der Waals surface area contributed by atoms with Crippen LogP contribution in [0.25, 0.3) is 0 Å². The number of methoxy groups -OCH3 is 1. The minimum Gasteiger partial charge on any atom is -0.493 e. The molecule has 0 saturated carbocycles. The summed E-state index contributed by atoms with van der Waals surface area (Å²) in [5, 5.41) is 5.68. The van der Waals surface area contributed by atoms with E-state index in [4.69, 9.17) is 14.5 Å². The van der Waals surface area contributed by atoms with E-state index in [1.165, 1.54) is 5.56 Å². The average molecular weight is 462 g/mol. The first-order chi connectivity index (χ1) is 16.0. The Labute approximate surface area is 199 Å². The lowest BCUT2D eigenvalue weighted by Gasteiger charge is -2.31. The number of rotatable bonds is 4. The lowest BCUT2D eigenvalue weighted by molar-refractivity contribution is -0.122. The van der Waals surface area contributed by atoms with Gasteiger partial charge in [0.15, 0.2) is 11.5 Å². The number of nitrogens with zero attached hydrogens (tertiary/aromatic N) is 1. The van der Waals surface area contributed by atoms with E-state index in [-0.39, 0.29) is 23.0 Å². The number of carbonyl (C=O) groups excluding carboxylic acids is 2. The third kappa shape index (κ3) is 4.04. The van der Waals surface area contributed by atoms with Crippen LogP contribution in [0.3, 0.4) is 0 Å². The highest BCUT2D eigenvalue weighted by Gasteiger charge is 2.39. The Morgan fingerprint density at radius 3 is 2.71 bits per heavy atom. The summed E-state index contributed by atoms with van der Waals surface area (Å²) in [6.45, 7) is 8.43. The van der Waals surface area contributed by atoms with Gasteiger partial charge < -0.3 is 20.1 Å². The van der Waals surface area contributed by atoms with Crippen molar-refractivity contribution < 1.29 is 19.1 Å². The van der Waals surface area contributed by atoms with E-state index in [0.717, 1.165) is 46.7 Å². The summed E-state index contributed by atoms with van der Waals surface area (Å²) in [6, 6.07) is 9.35. The fourth-order valence-electron chi connectivity index (χ4n) is 5.21. The summed E-state index contributed by atoms with van der Waals surface area (Å²) in [5.41, 5.74) is 5.31. The minimum atomic E-state index is -0.488. The molecule has 34 heavy (non-hydrogen) atoms. The fraction of sp³-hybridized carbons (Fsp3) is 0.444. The van der Waals surface area contributed by atoms with Crippen LogP contribution in [0.5, 0.6) is 11.5 Å². The van der Waals surface area contributed by atoms with Crippen LogP contribution in [0.1, 0.15) is 62.8 Å². The second-order valence-electron chi connectivity index (χ2n) is 10.6. The maximum absolute atomic E-state index is 12.7. The van der Waals surface area contributed by atoms with Crippen LogP contribution in [-0.4, -0.2) is 41.8 Å². The van der Waals surface area contributed by atoms with Crippen LogP contribution < -0.4 is 20.1 Å². The summed E-state index contributed by atoms with van der Waals surface area (Å²) in [4.78, 5) is 29.3. The van der Waals surface area contributed by atoms with Gasteiger partial charge in [0, 0.05) is 35.2 Å². The molecule has 2 N–H and O–H groups in total. The molecule has 1 saturated heterocycles. The van der Waals surface area contributed by atoms with E-state index >= 15 is 0 Å². The van der Waals surface area contributed by atoms with Crippen molar-refractivity contribution in [2.75, 3.05) is 12.4 Å². The van der Waals surface area contributed by atoms with Crippen LogP contribution in [0.15, 0.2) is 35.3 Å². The molecule has 2 aromatic rings. The molecule has 2 amide bonds. The Morgan fingerprint density at radius 1 is 1.21 bits per heavy atom. The molecule has 0 spiro atoms. The maximum Gasteiger partial charge on any atom is 0.246 e. The molecule has 0 bridgehead atoms. The van der Waals surface area contributed by atoms with Crippen LogP contribution in [-0.2, 0) is 22.4 Å². The van der Waals surface area contributed by atoms with E-state index in [1.54, 1.807) is 7.11 Å². The zero-order valence-electron chi connectivity index (χ0n) is 20.4. The standard InChI is InChI=1S/C27H31N3O4/c1-26(2)13-16-12-20(33-5)24-18(14-27(3,4)34-24)22(16)23(30-26)15-7-6-8-17(11-15)28-25(32)19-9-10-21(31)29-19/h6-8,11-12,19H,9-10,13-14H2,1-5H3,(H,28,32)(H,29,31). The second kappa shape index (κ2) is 7.86. The van der Waals surface area contributed by atoms with Crippen LogP contribution in [0, 0.1) is 0 Å². The SMILES string of the molecule is COc1cc2c(c3c1OC(C)(C)C3)C(c1cccc(NC(=O)C3CCC(=O)N3)c1)=NC(C)(C)C2. The molecule has 7 heteroatoms. The molecule has 7 nitrogen and oxygen atoms in total. The minimum absolute atomic E-state index is 0.0845. The van der Waals surface area contributed by atoms with Gasteiger partial charge >= 0.3 is 0 Å². The molecule has 1 fully saturated rings. The molecular weight excluding hydrogens is 430 g/mol. The van der Waals surface area contributed by atoms with Gasteiger partial charge in [-0.1, -0.05) is 12.1 Å². The molecule has 1 atom stereocenters. The van der Waals surface area contributed by atoms with Crippen molar-refractivity contribution in [1.29, 1.82) is 0 Å². The molecule has 0 aromatic heterocycles. The van der Waals surface area contributed by atoms with E-state index in [0.29, 0.717) is 18.5 Å². The summed E-state index contributed by atoms with van der Waals surface area (Å²) in [6.07, 6.45) is 2.46. The zero-order chi connectivity index (χ0) is 24.3. The number of aliphatic imine (C=N–C) groups is 1. The number of nitrogens with one attached hydrogen (secondary N) is 2. The Balaban J connectivity index is 1.56. The summed E-state index contributed by atoms with van der Waals surface area (Å²) >= 11 is 0. The van der Waals surface area contributed by atoms with Crippen LogP contribution in [0.2, 0.25) is 0 Å². The number of ether oxygens (including phenoxy) is 2. The van der Waals surface area contributed by atoms with Gasteiger partial charge in [-0.15, -0.1) is 0 Å². The third-order valence-electron chi connectivity index (χ3n) is 6.62. The number of hydrogen-bond donors (Lipinski definition) is 2. The summed E-state index contributed by atoms with van der Waals surface area (Å²) in [7, 11) is 1.68. The highest BCUT2D eigenvalue weighted by molar-refractivity contribution is 6.16. The Kier molecular flexibility index (Phi) is 5.19. The van der Waals surface area contributed by atoms with E-state index < -0.39 is 6.04 Å². The van der Waals surface area contributed by atoms with Gasteiger partial charge in [-0.2, -0.15) is 0 Å². The molecule has 2 aromatic carbocycles. The van der Waals surface area contributed by atoms with Crippen molar-refractivity contribution in [2.45, 2.75) is 70.6 Å². The normalized spacial score (nSPS) is 21.6. The number of fused-ring (bicyclic) bond motifs is 3. The Bertz CT molecular complexity index is 1230. The molecule has 178 valence electrons. The van der Waals surface area contributed by atoms with E-state index in [9.17, 15) is 9.59 Å². The van der Waals surface area contributed by atoms with Crippen LogP contribution >= 0.6 is 0 Å². The summed E-state index contributed by atoms with van der Waals surface area (Å²) in [5.74, 6) is 1.27. The molecule has 0 radical (unpaired) electrons. The molecule has 3 aliphatic heterocycles. The number of hydrogen-bond acceptors (Lipinski definition) is 5. The van der Waals surface area contributed by atoms with Gasteiger partial charge in [0.25, 0.3) is 0 Å². The molecule has 3 heterocycles. The van der Waals surface area contributed by atoms with Gasteiger partial charge in [-0.25, -0.2) is 0 Å². The van der Waals surface area contributed by atoms with E-state index in [2.05, 4.69) is 44.4 Å². The van der Waals surface area contributed by atoms with Gasteiger partial charge in [-0.3, -0.25) is 14.6 Å². The highest BCUT2D eigenvalue weighted by atomic mass is 16.5. The summed E-state index contributed by atoms with van der Waals surface area (Å²) < 4.78 is 12.0. The van der Waals surface area contributed by atoms with Gasteiger partial charge in [0.1, 0.15) is 11.6 Å². The predicted molar refractivity (Wildman–Crippen MR) is 131 cm³/mol. The quantitative estimate of drug-likeness (QED) is 0.725. The molecule has 5 rings (SSSR count). The molecule has 1 unspecified atom stereocenters. The predicted octanol–water partition coefficient (Wildman–Crippen LogP) is 3.80. The van der Waals surface area contributed by atoms with Crippen molar-refractivity contribution in [3.63, 3.8) is 0 Å². The monoisotopic (exact) mass is 461 g/mol. The smallest absolute Gasteiger partial charge is 0.246 e. The molecule has 0 aliphatic carbocycles. The number of amides is 2. The Morgan fingerprint density at radius 2 is 2.00 bits per heavy atom. The number of carbonyl (C=O) groups is 2. The van der Waals surface area contributed by atoms with Gasteiger partial charge in [-0.05, 0) is 64.3 Å². The van der Waals surface area contributed by atoms with Crippen molar-refractivity contribution in [1.82, 2.24) is 5.32 Å². The number of anilines is 1. The zero-order valence-corrected chi connectivity index (χ0v) is 20.4. The van der Waals surface area contributed by atoms with Gasteiger partial charge in [0.2, 0.25) is 11.8 Å². The first kappa shape index (κ1) is 22.4. The first-order valence-corrected chi connectivity index (χ1v) is 11.8. The average Bonchev–Trinajstić information content (AvgIpc) is 3.34. The maximum atomic E-state index is 12.7. The largest absolute Gasteiger partial charge is 0.493 e. The van der Waals surface area contributed by atoms with Crippen molar-refractivity contribution in [2.24, 2.45) is 4.99 Å². The van der Waals surface area contributed by atoms with Crippen molar-refractivity contribution >= 4 is 23.2 Å². The van der Waals surface area contributed by atoms with E-state index in [1.807, 2.05) is 24.3 Å². The van der Waals surface area contributed by atoms with Crippen molar-refractivity contribution in [3.8, 4) is 11.5 Å². The molecule has 3 aliphatic rings.